The molecule has 0 fully saturated rings. The van der Waals surface area contributed by atoms with Crippen LogP contribution < -0.4 is 0 Å². The summed E-state index contributed by atoms with van der Waals surface area (Å²) in [7, 11) is 4.17. The van der Waals surface area contributed by atoms with Gasteiger partial charge in [-0.05, 0) is 39.2 Å². The van der Waals surface area contributed by atoms with E-state index in [9.17, 15) is 0 Å². The van der Waals surface area contributed by atoms with Crippen molar-refractivity contribution in [1.82, 2.24) is 19.9 Å². The zero-order valence-electron chi connectivity index (χ0n) is 9.20. The van der Waals surface area contributed by atoms with E-state index in [1.54, 1.807) is 6.20 Å². The number of hydrogen-bond donors (Lipinski definition) is 1. The normalized spacial score (nSPS) is 11.4. The predicted octanol–water partition coefficient (Wildman–Crippen LogP) is 1.45. The second kappa shape index (κ2) is 4.40. The van der Waals surface area contributed by atoms with Gasteiger partial charge in [-0.1, -0.05) is 0 Å². The lowest BCUT2D eigenvalue weighted by atomic mass is 10.3. The molecule has 0 radical (unpaired) electrons. The van der Waals surface area contributed by atoms with Crippen LogP contribution >= 0.6 is 0 Å². The number of nitrogens with zero attached hydrogens (tertiary/aromatic N) is 3. The van der Waals surface area contributed by atoms with E-state index < -0.39 is 0 Å². The molecule has 2 heterocycles. The molecular weight excluding hydrogens is 188 g/mol. The second-order valence-corrected chi connectivity index (χ2v) is 3.96. The fourth-order valence-electron chi connectivity index (χ4n) is 1.58. The standard InChI is InChI=1S/C11H16N4/c1-15(2)8-4-6-10-13-9-5-3-7-12-11(9)14-10/h3,5,7H,4,6,8H2,1-2H3,(H,12,13,14). The predicted molar refractivity (Wildman–Crippen MR) is 60.8 cm³/mol. The molecule has 0 aliphatic rings. The van der Waals surface area contributed by atoms with Crippen LogP contribution in [-0.2, 0) is 6.42 Å². The van der Waals surface area contributed by atoms with Crippen molar-refractivity contribution in [2.45, 2.75) is 12.8 Å². The highest BCUT2D eigenvalue weighted by molar-refractivity contribution is 5.69. The molecule has 1 N–H and O–H groups in total. The Balaban J connectivity index is 2.03. The summed E-state index contributed by atoms with van der Waals surface area (Å²) < 4.78 is 0. The number of aromatic nitrogens is 3. The number of imidazole rings is 1. The minimum Gasteiger partial charge on any atom is -0.341 e. The van der Waals surface area contributed by atoms with E-state index in [1.165, 1.54) is 0 Å². The molecule has 0 unspecified atom stereocenters. The highest BCUT2D eigenvalue weighted by Crippen LogP contribution is 2.08. The van der Waals surface area contributed by atoms with Crippen molar-refractivity contribution in [3.05, 3.63) is 24.2 Å². The Labute approximate surface area is 89.3 Å². The van der Waals surface area contributed by atoms with Crippen LogP contribution in [0.3, 0.4) is 0 Å². The molecule has 2 aromatic heterocycles. The van der Waals surface area contributed by atoms with E-state index in [2.05, 4.69) is 33.9 Å². The molecule has 0 amide bonds. The first-order valence-corrected chi connectivity index (χ1v) is 5.20. The molecule has 2 rings (SSSR count). The van der Waals surface area contributed by atoms with Crippen molar-refractivity contribution >= 4 is 11.2 Å². The Hall–Kier alpha value is -1.42. The smallest absolute Gasteiger partial charge is 0.177 e. The van der Waals surface area contributed by atoms with E-state index in [1.807, 2.05) is 12.1 Å². The van der Waals surface area contributed by atoms with Gasteiger partial charge in [0.2, 0.25) is 0 Å². The number of aryl methyl sites for hydroxylation is 1. The van der Waals surface area contributed by atoms with Crippen LogP contribution in [-0.4, -0.2) is 40.5 Å². The minimum atomic E-state index is 0.817. The lowest BCUT2D eigenvalue weighted by molar-refractivity contribution is 0.399. The van der Waals surface area contributed by atoms with Crippen molar-refractivity contribution in [3.8, 4) is 0 Å². The number of H-pyrrole nitrogens is 1. The minimum absolute atomic E-state index is 0.817. The van der Waals surface area contributed by atoms with Crippen molar-refractivity contribution in [1.29, 1.82) is 0 Å². The SMILES string of the molecule is CN(C)CCCc1nc2ncccc2[nH]1. The molecular formula is C11H16N4. The third kappa shape index (κ3) is 2.53. The maximum Gasteiger partial charge on any atom is 0.177 e. The number of fused-ring (bicyclic) bond motifs is 1. The molecule has 15 heavy (non-hydrogen) atoms. The topological polar surface area (TPSA) is 44.8 Å². The Morgan fingerprint density at radius 3 is 3.00 bits per heavy atom. The summed E-state index contributed by atoms with van der Waals surface area (Å²) in [5.74, 6) is 1.03. The number of hydrogen-bond acceptors (Lipinski definition) is 3. The van der Waals surface area contributed by atoms with E-state index in [4.69, 9.17) is 0 Å². The molecule has 0 saturated carbocycles. The van der Waals surface area contributed by atoms with Gasteiger partial charge in [-0.15, -0.1) is 0 Å². The number of aromatic amines is 1. The molecule has 0 atom stereocenters. The van der Waals surface area contributed by atoms with Crippen LogP contribution in [0.4, 0.5) is 0 Å². The van der Waals surface area contributed by atoms with Crippen LogP contribution in [0.2, 0.25) is 0 Å². The number of rotatable bonds is 4. The van der Waals surface area contributed by atoms with Gasteiger partial charge in [0.25, 0.3) is 0 Å². The van der Waals surface area contributed by atoms with Gasteiger partial charge in [0.05, 0.1) is 5.52 Å². The molecule has 80 valence electrons. The van der Waals surface area contributed by atoms with Crippen molar-refractivity contribution < 1.29 is 0 Å². The van der Waals surface area contributed by atoms with Crippen molar-refractivity contribution in [3.63, 3.8) is 0 Å². The Morgan fingerprint density at radius 2 is 2.27 bits per heavy atom. The highest BCUT2D eigenvalue weighted by Gasteiger charge is 2.02. The summed E-state index contributed by atoms with van der Waals surface area (Å²) in [6.45, 7) is 1.09. The zero-order chi connectivity index (χ0) is 10.7. The zero-order valence-corrected chi connectivity index (χ0v) is 9.20. The maximum atomic E-state index is 4.42. The maximum absolute atomic E-state index is 4.42. The lowest BCUT2D eigenvalue weighted by Crippen LogP contribution is -2.13. The van der Waals surface area contributed by atoms with Gasteiger partial charge in [0.1, 0.15) is 5.82 Å². The van der Waals surface area contributed by atoms with E-state index in [0.29, 0.717) is 0 Å². The third-order valence-electron chi connectivity index (χ3n) is 2.33. The van der Waals surface area contributed by atoms with Gasteiger partial charge >= 0.3 is 0 Å². The van der Waals surface area contributed by atoms with Crippen LogP contribution in [0, 0.1) is 0 Å². The number of nitrogens with one attached hydrogen (secondary N) is 1. The Bertz CT molecular complexity index is 400. The monoisotopic (exact) mass is 204 g/mol. The highest BCUT2D eigenvalue weighted by atomic mass is 15.0. The second-order valence-electron chi connectivity index (χ2n) is 3.96. The van der Waals surface area contributed by atoms with Gasteiger partial charge in [-0.25, -0.2) is 9.97 Å². The molecule has 0 bridgehead atoms. The quantitative estimate of drug-likeness (QED) is 0.820. The van der Waals surface area contributed by atoms with Crippen molar-refractivity contribution in [2.24, 2.45) is 0 Å². The first-order valence-electron chi connectivity index (χ1n) is 5.20. The molecule has 0 aromatic carbocycles. The van der Waals surface area contributed by atoms with Crippen LogP contribution in [0.5, 0.6) is 0 Å². The van der Waals surface area contributed by atoms with E-state index in [-0.39, 0.29) is 0 Å². The molecule has 0 spiro atoms. The Kier molecular flexibility index (Phi) is 2.97. The van der Waals surface area contributed by atoms with Crippen LogP contribution in [0.15, 0.2) is 18.3 Å². The van der Waals surface area contributed by atoms with E-state index in [0.717, 1.165) is 36.4 Å². The average molecular weight is 204 g/mol. The summed E-state index contributed by atoms with van der Waals surface area (Å²) in [4.78, 5) is 14.1. The van der Waals surface area contributed by atoms with Crippen LogP contribution in [0.1, 0.15) is 12.2 Å². The van der Waals surface area contributed by atoms with Gasteiger partial charge < -0.3 is 9.88 Å². The van der Waals surface area contributed by atoms with Crippen LogP contribution in [0.25, 0.3) is 11.2 Å². The lowest BCUT2D eigenvalue weighted by Gasteiger charge is -2.07. The van der Waals surface area contributed by atoms with Gasteiger partial charge in [0.15, 0.2) is 5.65 Å². The Morgan fingerprint density at radius 1 is 1.40 bits per heavy atom. The van der Waals surface area contributed by atoms with Gasteiger partial charge in [-0.2, -0.15) is 0 Å². The summed E-state index contributed by atoms with van der Waals surface area (Å²) in [6, 6.07) is 3.93. The molecule has 0 saturated heterocycles. The molecule has 2 aromatic rings. The molecule has 0 aliphatic heterocycles. The summed E-state index contributed by atoms with van der Waals surface area (Å²) in [6.07, 6.45) is 3.87. The first kappa shape index (κ1) is 10.1. The molecule has 0 aliphatic carbocycles. The van der Waals surface area contributed by atoms with Crippen molar-refractivity contribution in [2.75, 3.05) is 20.6 Å². The van der Waals surface area contributed by atoms with E-state index >= 15 is 0 Å². The summed E-state index contributed by atoms with van der Waals surface area (Å²) >= 11 is 0. The molecule has 4 heteroatoms. The summed E-state index contributed by atoms with van der Waals surface area (Å²) in [5, 5.41) is 0. The largest absolute Gasteiger partial charge is 0.341 e. The first-order chi connectivity index (χ1) is 7.25. The number of pyridine rings is 1. The fraction of sp³-hybridized carbons (Fsp3) is 0.455. The van der Waals surface area contributed by atoms with Gasteiger partial charge in [-0.3, -0.25) is 0 Å². The summed E-state index contributed by atoms with van der Waals surface area (Å²) in [5.41, 5.74) is 1.84. The fourth-order valence-corrected chi connectivity index (χ4v) is 1.58. The average Bonchev–Trinajstić information content (AvgIpc) is 2.59. The van der Waals surface area contributed by atoms with Gasteiger partial charge in [0, 0.05) is 12.6 Å². The third-order valence-corrected chi connectivity index (χ3v) is 2.33. The molecule has 4 nitrogen and oxygen atoms in total.